The molecule has 0 amide bonds. The van der Waals surface area contributed by atoms with Crippen LogP contribution in [0.2, 0.25) is 0 Å². The van der Waals surface area contributed by atoms with Crippen molar-refractivity contribution in [2.75, 3.05) is 31.1 Å². The van der Waals surface area contributed by atoms with Crippen molar-refractivity contribution in [3.63, 3.8) is 0 Å². The Labute approximate surface area is 133 Å². The van der Waals surface area contributed by atoms with Gasteiger partial charge in [0.25, 0.3) is 0 Å². The lowest BCUT2D eigenvalue weighted by molar-refractivity contribution is 0.198. The molecule has 2 aromatic rings. The predicted molar refractivity (Wildman–Crippen MR) is 88.3 cm³/mol. The molecule has 2 aromatic heterocycles. The SMILES string of the molecule is CC(C)c1nsc(N2CCN(C(C)c3nccs3)CC2)n1. The van der Waals surface area contributed by atoms with E-state index in [2.05, 4.69) is 50.3 Å². The van der Waals surface area contributed by atoms with Crippen LogP contribution >= 0.6 is 22.9 Å². The summed E-state index contributed by atoms with van der Waals surface area (Å²) in [6.45, 7) is 10.7. The second kappa shape index (κ2) is 6.37. The average molecular weight is 323 g/mol. The first-order chi connectivity index (χ1) is 10.1. The van der Waals surface area contributed by atoms with E-state index in [1.807, 2.05) is 6.20 Å². The lowest BCUT2D eigenvalue weighted by Gasteiger charge is -2.37. The lowest BCUT2D eigenvalue weighted by Crippen LogP contribution is -2.47. The predicted octanol–water partition coefficient (Wildman–Crippen LogP) is 3.00. The third-order valence-corrected chi connectivity index (χ3v) is 5.63. The van der Waals surface area contributed by atoms with Crippen molar-refractivity contribution in [1.29, 1.82) is 0 Å². The Hall–Kier alpha value is -1.05. The molecule has 114 valence electrons. The molecule has 1 aliphatic rings. The molecule has 0 N–H and O–H groups in total. The summed E-state index contributed by atoms with van der Waals surface area (Å²) >= 11 is 3.27. The van der Waals surface area contributed by atoms with E-state index < -0.39 is 0 Å². The van der Waals surface area contributed by atoms with Gasteiger partial charge in [-0.2, -0.15) is 4.37 Å². The summed E-state index contributed by atoms with van der Waals surface area (Å²) in [4.78, 5) is 13.9. The third-order valence-electron chi connectivity index (χ3n) is 3.89. The van der Waals surface area contributed by atoms with Crippen molar-refractivity contribution < 1.29 is 0 Å². The molecule has 0 aliphatic carbocycles. The molecule has 1 aliphatic heterocycles. The van der Waals surface area contributed by atoms with Crippen LogP contribution in [0.4, 0.5) is 5.13 Å². The van der Waals surface area contributed by atoms with Crippen molar-refractivity contribution in [3.05, 3.63) is 22.4 Å². The summed E-state index contributed by atoms with van der Waals surface area (Å²) < 4.78 is 4.45. The minimum Gasteiger partial charge on any atom is -0.344 e. The van der Waals surface area contributed by atoms with Crippen molar-refractivity contribution >= 4 is 28.0 Å². The molecule has 5 nitrogen and oxygen atoms in total. The molecule has 1 fully saturated rings. The van der Waals surface area contributed by atoms with Gasteiger partial charge < -0.3 is 4.90 Å². The van der Waals surface area contributed by atoms with Gasteiger partial charge in [-0.15, -0.1) is 11.3 Å². The molecule has 21 heavy (non-hydrogen) atoms. The first kappa shape index (κ1) is 14.9. The van der Waals surface area contributed by atoms with Crippen LogP contribution in [0.5, 0.6) is 0 Å². The second-order valence-corrected chi connectivity index (χ2v) is 7.32. The number of hydrogen-bond donors (Lipinski definition) is 0. The molecular formula is C14H21N5S2. The van der Waals surface area contributed by atoms with Crippen molar-refractivity contribution in [3.8, 4) is 0 Å². The van der Waals surface area contributed by atoms with Crippen molar-refractivity contribution in [2.24, 2.45) is 0 Å². The molecule has 3 heterocycles. The molecule has 0 aromatic carbocycles. The van der Waals surface area contributed by atoms with Gasteiger partial charge in [-0.3, -0.25) is 4.90 Å². The number of piperazine rings is 1. The van der Waals surface area contributed by atoms with Crippen LogP contribution in [0, 0.1) is 0 Å². The van der Waals surface area contributed by atoms with Gasteiger partial charge in [0, 0.05) is 55.2 Å². The van der Waals surface area contributed by atoms with E-state index >= 15 is 0 Å². The molecule has 0 saturated carbocycles. The number of aromatic nitrogens is 3. The van der Waals surface area contributed by atoms with Gasteiger partial charge in [0.05, 0.1) is 6.04 Å². The van der Waals surface area contributed by atoms with E-state index in [-0.39, 0.29) is 0 Å². The molecule has 0 bridgehead atoms. The molecule has 3 rings (SSSR count). The Balaban J connectivity index is 1.59. The Bertz CT molecular complexity index is 558. The van der Waals surface area contributed by atoms with Gasteiger partial charge in [0.15, 0.2) is 0 Å². The molecular weight excluding hydrogens is 302 g/mol. The van der Waals surface area contributed by atoms with Crippen LogP contribution in [0.25, 0.3) is 0 Å². The number of nitrogens with zero attached hydrogens (tertiary/aromatic N) is 5. The zero-order valence-corrected chi connectivity index (χ0v) is 14.3. The van der Waals surface area contributed by atoms with Crippen LogP contribution in [0.1, 0.15) is 43.6 Å². The van der Waals surface area contributed by atoms with E-state index in [0.717, 1.165) is 37.1 Å². The van der Waals surface area contributed by atoms with Crippen LogP contribution in [0.15, 0.2) is 11.6 Å². The standard InChI is InChI=1S/C14H21N5S2/c1-10(2)12-16-14(21-17-12)19-7-5-18(6-8-19)11(3)13-15-4-9-20-13/h4,9-11H,5-8H2,1-3H3. The Morgan fingerprint density at radius 3 is 2.48 bits per heavy atom. The maximum atomic E-state index is 4.66. The van der Waals surface area contributed by atoms with Gasteiger partial charge in [-0.1, -0.05) is 13.8 Å². The Morgan fingerprint density at radius 2 is 1.90 bits per heavy atom. The number of hydrogen-bond acceptors (Lipinski definition) is 7. The second-order valence-electron chi connectivity index (χ2n) is 5.66. The van der Waals surface area contributed by atoms with E-state index in [1.54, 1.807) is 11.3 Å². The summed E-state index contributed by atoms with van der Waals surface area (Å²) in [6, 6.07) is 0.410. The largest absolute Gasteiger partial charge is 0.344 e. The summed E-state index contributed by atoms with van der Waals surface area (Å²) in [6.07, 6.45) is 1.89. The average Bonchev–Trinajstić information content (AvgIpc) is 3.18. The highest BCUT2D eigenvalue weighted by Crippen LogP contribution is 2.26. The summed E-state index contributed by atoms with van der Waals surface area (Å²) in [7, 11) is 0. The van der Waals surface area contributed by atoms with E-state index in [0.29, 0.717) is 12.0 Å². The highest BCUT2D eigenvalue weighted by molar-refractivity contribution is 7.09. The fourth-order valence-corrected chi connectivity index (χ4v) is 4.07. The summed E-state index contributed by atoms with van der Waals surface area (Å²) in [5, 5.41) is 4.33. The lowest BCUT2D eigenvalue weighted by atomic mass is 10.2. The maximum absolute atomic E-state index is 4.66. The summed E-state index contributed by atoms with van der Waals surface area (Å²) in [5.41, 5.74) is 0. The van der Waals surface area contributed by atoms with Crippen LogP contribution in [-0.2, 0) is 0 Å². The molecule has 1 saturated heterocycles. The molecule has 1 unspecified atom stereocenters. The Morgan fingerprint density at radius 1 is 1.14 bits per heavy atom. The smallest absolute Gasteiger partial charge is 0.205 e. The van der Waals surface area contributed by atoms with Crippen molar-refractivity contribution in [2.45, 2.75) is 32.7 Å². The van der Waals surface area contributed by atoms with Crippen LogP contribution in [0.3, 0.4) is 0 Å². The summed E-state index contributed by atoms with van der Waals surface area (Å²) in [5.74, 6) is 1.37. The van der Waals surface area contributed by atoms with Crippen LogP contribution < -0.4 is 4.90 Å². The first-order valence-corrected chi connectivity index (χ1v) is 9.02. The monoisotopic (exact) mass is 323 g/mol. The normalized spacial score (nSPS) is 18.4. The highest BCUT2D eigenvalue weighted by Gasteiger charge is 2.25. The van der Waals surface area contributed by atoms with Gasteiger partial charge in [0.1, 0.15) is 10.8 Å². The van der Waals surface area contributed by atoms with Crippen molar-refractivity contribution in [1.82, 2.24) is 19.2 Å². The van der Waals surface area contributed by atoms with E-state index in [4.69, 9.17) is 0 Å². The highest BCUT2D eigenvalue weighted by atomic mass is 32.1. The number of thiazole rings is 1. The number of rotatable bonds is 4. The zero-order chi connectivity index (χ0) is 14.8. The zero-order valence-electron chi connectivity index (χ0n) is 12.7. The van der Waals surface area contributed by atoms with E-state index in [1.165, 1.54) is 16.5 Å². The topological polar surface area (TPSA) is 45.2 Å². The quantitative estimate of drug-likeness (QED) is 0.865. The van der Waals surface area contributed by atoms with Gasteiger partial charge in [-0.25, -0.2) is 9.97 Å². The molecule has 0 spiro atoms. The van der Waals surface area contributed by atoms with Gasteiger partial charge >= 0.3 is 0 Å². The minimum atomic E-state index is 0.404. The fraction of sp³-hybridized carbons (Fsp3) is 0.643. The number of anilines is 1. The minimum absolute atomic E-state index is 0.404. The molecule has 7 heteroatoms. The van der Waals surface area contributed by atoms with Gasteiger partial charge in [-0.05, 0) is 6.92 Å². The molecule has 0 radical (unpaired) electrons. The van der Waals surface area contributed by atoms with Crippen LogP contribution in [-0.4, -0.2) is 45.4 Å². The fourth-order valence-electron chi connectivity index (χ4n) is 2.49. The van der Waals surface area contributed by atoms with E-state index in [9.17, 15) is 0 Å². The first-order valence-electron chi connectivity index (χ1n) is 7.37. The Kier molecular flexibility index (Phi) is 4.51. The third kappa shape index (κ3) is 3.25. The van der Waals surface area contributed by atoms with Gasteiger partial charge in [0.2, 0.25) is 5.13 Å². The molecule has 1 atom stereocenters. The maximum Gasteiger partial charge on any atom is 0.205 e.